The molecule has 1 heterocycles. The molecule has 1 aromatic rings. The summed E-state index contributed by atoms with van der Waals surface area (Å²) in [6.07, 6.45) is 4.77. The minimum absolute atomic E-state index is 0.0821. The van der Waals surface area contributed by atoms with Gasteiger partial charge < -0.3 is 5.32 Å². The second-order valence-electron chi connectivity index (χ2n) is 5.50. The van der Waals surface area contributed by atoms with E-state index in [1.165, 1.54) is 18.4 Å². The van der Waals surface area contributed by atoms with Crippen molar-refractivity contribution in [3.8, 4) is 0 Å². The van der Waals surface area contributed by atoms with E-state index >= 15 is 0 Å². The van der Waals surface area contributed by atoms with Crippen LogP contribution in [0, 0.1) is 0 Å². The van der Waals surface area contributed by atoms with Gasteiger partial charge in [0.1, 0.15) is 0 Å². The highest BCUT2D eigenvalue weighted by molar-refractivity contribution is 5.94. The summed E-state index contributed by atoms with van der Waals surface area (Å²) in [5.41, 5.74) is 2.37. The summed E-state index contributed by atoms with van der Waals surface area (Å²) in [6.45, 7) is 2.99. The highest BCUT2D eigenvalue weighted by Gasteiger charge is 2.30. The number of nitrogens with zero attached hydrogens (tertiary/aromatic N) is 1. The summed E-state index contributed by atoms with van der Waals surface area (Å²) >= 11 is 0. The van der Waals surface area contributed by atoms with Crippen LogP contribution in [0.4, 0.5) is 10.5 Å². The van der Waals surface area contributed by atoms with Crippen LogP contribution in [0.2, 0.25) is 0 Å². The third-order valence-corrected chi connectivity index (χ3v) is 4.14. The third-order valence-electron chi connectivity index (χ3n) is 4.14. The Morgan fingerprint density at radius 3 is 2.78 bits per heavy atom. The van der Waals surface area contributed by atoms with Gasteiger partial charge in [-0.3, -0.25) is 4.90 Å². The minimum atomic E-state index is 0.0821. The number of hydrogen-bond donors (Lipinski definition) is 1. The van der Waals surface area contributed by atoms with E-state index in [-0.39, 0.29) is 6.03 Å². The minimum Gasteiger partial charge on any atom is -0.335 e. The fraction of sp³-hybridized carbons (Fsp3) is 0.533. The van der Waals surface area contributed by atoms with Crippen LogP contribution in [0.1, 0.15) is 44.1 Å². The Morgan fingerprint density at radius 1 is 1.28 bits per heavy atom. The number of urea groups is 1. The monoisotopic (exact) mass is 244 g/mol. The van der Waals surface area contributed by atoms with Crippen LogP contribution in [-0.2, 0) is 0 Å². The molecule has 1 saturated carbocycles. The first kappa shape index (κ1) is 11.6. The van der Waals surface area contributed by atoms with E-state index < -0.39 is 0 Å². The maximum absolute atomic E-state index is 12.3. The number of rotatable bonds is 1. The molecule has 1 fully saturated rings. The summed E-state index contributed by atoms with van der Waals surface area (Å²) in [7, 11) is 0. The zero-order chi connectivity index (χ0) is 12.5. The average molecular weight is 244 g/mol. The zero-order valence-corrected chi connectivity index (χ0v) is 10.9. The van der Waals surface area contributed by atoms with Gasteiger partial charge in [-0.1, -0.05) is 38.0 Å². The van der Waals surface area contributed by atoms with E-state index in [1.54, 1.807) is 0 Å². The lowest BCUT2D eigenvalue weighted by Crippen LogP contribution is -2.43. The van der Waals surface area contributed by atoms with Gasteiger partial charge in [-0.05, 0) is 24.5 Å². The van der Waals surface area contributed by atoms with Gasteiger partial charge in [0.2, 0.25) is 0 Å². The molecule has 1 aromatic carbocycles. The van der Waals surface area contributed by atoms with Crippen molar-refractivity contribution in [1.29, 1.82) is 0 Å². The van der Waals surface area contributed by atoms with Gasteiger partial charge in [0, 0.05) is 24.2 Å². The molecule has 3 nitrogen and oxygen atoms in total. The highest BCUT2D eigenvalue weighted by Crippen LogP contribution is 2.35. The predicted octanol–water partition coefficient (Wildman–Crippen LogP) is 3.26. The Hall–Kier alpha value is -1.51. The lowest BCUT2D eigenvalue weighted by Gasteiger charge is -2.21. The number of anilines is 1. The molecule has 0 spiro atoms. The first-order chi connectivity index (χ1) is 8.75. The summed E-state index contributed by atoms with van der Waals surface area (Å²) in [5.74, 6) is 0.440. The number of carbonyl (C=O) groups is 1. The molecule has 1 N–H and O–H groups in total. The summed E-state index contributed by atoms with van der Waals surface area (Å²) in [6, 6.07) is 8.70. The summed E-state index contributed by atoms with van der Waals surface area (Å²) in [4.78, 5) is 14.2. The fourth-order valence-electron chi connectivity index (χ4n) is 3.14. The van der Waals surface area contributed by atoms with Crippen molar-refractivity contribution < 1.29 is 4.79 Å². The maximum atomic E-state index is 12.3. The largest absolute Gasteiger partial charge is 0.335 e. The smallest absolute Gasteiger partial charge is 0.322 e. The first-order valence-corrected chi connectivity index (χ1v) is 6.92. The van der Waals surface area contributed by atoms with Crippen LogP contribution in [-0.4, -0.2) is 18.6 Å². The quantitative estimate of drug-likeness (QED) is 0.808. The van der Waals surface area contributed by atoms with Crippen molar-refractivity contribution >= 4 is 11.7 Å². The molecule has 1 aliphatic carbocycles. The second kappa shape index (κ2) is 4.63. The van der Waals surface area contributed by atoms with Gasteiger partial charge in [0.15, 0.2) is 0 Å². The van der Waals surface area contributed by atoms with Gasteiger partial charge in [0.25, 0.3) is 0 Å². The molecule has 0 aromatic heterocycles. The molecule has 3 heteroatoms. The molecular formula is C15H20N2O. The molecule has 2 aliphatic rings. The number of carbonyl (C=O) groups excluding carboxylic acids is 1. The van der Waals surface area contributed by atoms with Crippen LogP contribution >= 0.6 is 0 Å². The van der Waals surface area contributed by atoms with E-state index in [0.717, 1.165) is 25.1 Å². The number of para-hydroxylation sites is 1. The van der Waals surface area contributed by atoms with Crippen LogP contribution in [0.25, 0.3) is 0 Å². The average Bonchev–Trinajstić information content (AvgIpc) is 2.98. The number of nitrogens with one attached hydrogen (secondary N) is 1. The lowest BCUT2D eigenvalue weighted by molar-refractivity contribution is 0.243. The SMILES string of the molecule is CC1CN(C(=O)NC2CCCC2)c2ccccc21. The Labute approximate surface area is 108 Å². The Bertz CT molecular complexity index is 452. The van der Waals surface area contributed by atoms with E-state index in [9.17, 15) is 4.79 Å². The normalized spacial score (nSPS) is 23.2. The van der Waals surface area contributed by atoms with Crippen molar-refractivity contribution in [3.63, 3.8) is 0 Å². The standard InChI is InChI=1S/C15H20N2O/c1-11-10-17(14-9-5-4-8-13(11)14)15(18)16-12-6-2-3-7-12/h4-5,8-9,11-12H,2-3,6-7,10H2,1H3,(H,16,18). The van der Waals surface area contributed by atoms with Crippen LogP contribution < -0.4 is 10.2 Å². The molecule has 0 radical (unpaired) electrons. The molecule has 3 rings (SSSR count). The van der Waals surface area contributed by atoms with E-state index in [4.69, 9.17) is 0 Å². The van der Waals surface area contributed by atoms with Crippen molar-refractivity contribution in [2.75, 3.05) is 11.4 Å². The van der Waals surface area contributed by atoms with Crippen LogP contribution in [0.5, 0.6) is 0 Å². The number of amides is 2. The van der Waals surface area contributed by atoms with Gasteiger partial charge in [-0.25, -0.2) is 4.79 Å². The molecule has 1 atom stereocenters. The zero-order valence-electron chi connectivity index (χ0n) is 10.9. The Balaban J connectivity index is 1.75. The number of fused-ring (bicyclic) bond motifs is 1. The highest BCUT2D eigenvalue weighted by atomic mass is 16.2. The van der Waals surface area contributed by atoms with Crippen LogP contribution in [0.3, 0.4) is 0 Å². The van der Waals surface area contributed by atoms with E-state index in [1.807, 2.05) is 23.1 Å². The second-order valence-corrected chi connectivity index (χ2v) is 5.50. The Morgan fingerprint density at radius 2 is 2.00 bits per heavy atom. The number of benzene rings is 1. The van der Waals surface area contributed by atoms with E-state index in [0.29, 0.717) is 12.0 Å². The van der Waals surface area contributed by atoms with Crippen molar-refractivity contribution in [1.82, 2.24) is 5.32 Å². The molecule has 0 bridgehead atoms. The summed E-state index contributed by atoms with van der Waals surface area (Å²) in [5, 5.41) is 3.17. The molecule has 18 heavy (non-hydrogen) atoms. The molecule has 0 saturated heterocycles. The fourth-order valence-corrected chi connectivity index (χ4v) is 3.14. The van der Waals surface area contributed by atoms with Crippen molar-refractivity contribution in [2.24, 2.45) is 0 Å². The maximum Gasteiger partial charge on any atom is 0.322 e. The molecule has 96 valence electrons. The molecular weight excluding hydrogens is 224 g/mol. The molecule has 1 aliphatic heterocycles. The van der Waals surface area contributed by atoms with Gasteiger partial charge >= 0.3 is 6.03 Å². The third kappa shape index (κ3) is 1.98. The van der Waals surface area contributed by atoms with Gasteiger partial charge in [-0.15, -0.1) is 0 Å². The molecule has 2 amide bonds. The Kier molecular flexibility index (Phi) is 2.98. The van der Waals surface area contributed by atoms with Crippen LogP contribution in [0.15, 0.2) is 24.3 Å². The number of hydrogen-bond acceptors (Lipinski definition) is 1. The van der Waals surface area contributed by atoms with E-state index in [2.05, 4.69) is 18.3 Å². The van der Waals surface area contributed by atoms with Gasteiger partial charge in [-0.2, -0.15) is 0 Å². The van der Waals surface area contributed by atoms with Gasteiger partial charge in [0.05, 0.1) is 0 Å². The molecule has 1 unspecified atom stereocenters. The predicted molar refractivity (Wildman–Crippen MR) is 73.0 cm³/mol. The van der Waals surface area contributed by atoms with Crippen molar-refractivity contribution in [2.45, 2.75) is 44.6 Å². The topological polar surface area (TPSA) is 32.3 Å². The van der Waals surface area contributed by atoms with Crippen molar-refractivity contribution in [3.05, 3.63) is 29.8 Å². The first-order valence-electron chi connectivity index (χ1n) is 6.92. The lowest BCUT2D eigenvalue weighted by atomic mass is 10.0. The summed E-state index contributed by atoms with van der Waals surface area (Å²) < 4.78 is 0.